The molecule has 0 aliphatic carbocycles. The third-order valence-corrected chi connectivity index (χ3v) is 4.33. The summed E-state index contributed by atoms with van der Waals surface area (Å²) in [7, 11) is 0. The summed E-state index contributed by atoms with van der Waals surface area (Å²) in [6.07, 6.45) is 1.74. The molecule has 4 rings (SSSR count). The molecule has 0 unspecified atom stereocenters. The zero-order chi connectivity index (χ0) is 18.1. The van der Waals surface area contributed by atoms with E-state index in [9.17, 15) is 0 Å². The van der Waals surface area contributed by atoms with E-state index < -0.39 is 0 Å². The fraction of sp³-hybridized carbons (Fsp3) is 0.0476. The number of hydrogen-bond donors (Lipinski definition) is 1. The van der Waals surface area contributed by atoms with Crippen LogP contribution in [-0.4, -0.2) is 15.0 Å². The molecule has 6 heteroatoms. The van der Waals surface area contributed by atoms with Crippen LogP contribution in [0.2, 0.25) is 0 Å². The zero-order valence-corrected chi connectivity index (χ0v) is 15.2. The average Bonchev–Trinajstić information content (AvgIpc) is 3.12. The Kier molecular flexibility index (Phi) is 4.90. The lowest BCUT2D eigenvalue weighted by Gasteiger charge is -2.02. The Labute approximate surface area is 162 Å². The Hall–Kier alpha value is -3.67. The number of fused-ring (bicyclic) bond motifs is 1. The van der Waals surface area contributed by atoms with Gasteiger partial charge in [0.1, 0.15) is 11.3 Å². The van der Waals surface area contributed by atoms with E-state index in [0.29, 0.717) is 22.6 Å². The van der Waals surface area contributed by atoms with E-state index in [1.807, 2.05) is 37.3 Å². The first kappa shape index (κ1) is 18.1. The number of aromatic nitrogens is 3. The lowest BCUT2D eigenvalue weighted by Crippen LogP contribution is -1.86. The molecular formula is C21H14ClN5. The molecule has 0 saturated heterocycles. The van der Waals surface area contributed by atoms with Gasteiger partial charge in [-0.1, -0.05) is 12.1 Å². The lowest BCUT2D eigenvalue weighted by molar-refractivity contribution is 1.29. The highest BCUT2D eigenvalue weighted by atomic mass is 35.5. The van der Waals surface area contributed by atoms with E-state index in [0.717, 1.165) is 27.8 Å². The molecule has 0 fully saturated rings. The number of imidazole rings is 1. The van der Waals surface area contributed by atoms with Gasteiger partial charge in [0.25, 0.3) is 0 Å². The fourth-order valence-corrected chi connectivity index (χ4v) is 2.94. The first-order chi connectivity index (χ1) is 12.7. The SMILES string of the molecule is Cc1cc(-c2nc3c(-c4ccc(C#N)cc4)ccnc3[nH]2)ccc1C#N.Cl. The second-order valence-corrected chi connectivity index (χ2v) is 5.97. The number of benzene rings is 2. The van der Waals surface area contributed by atoms with Crippen molar-refractivity contribution in [3.8, 4) is 34.7 Å². The molecule has 0 radical (unpaired) electrons. The van der Waals surface area contributed by atoms with Gasteiger partial charge in [0.05, 0.1) is 23.3 Å². The minimum atomic E-state index is 0. The standard InChI is InChI=1S/C21H13N5.ClH/c1-13-10-16(6-7-17(13)12-23)20-25-19-18(8-9-24-21(19)26-20)15-4-2-14(11-22)3-5-15;/h2-10H,1H3,(H,24,25,26);1H. The normalized spacial score (nSPS) is 10.0. The number of nitriles is 2. The number of rotatable bonds is 2. The molecule has 5 nitrogen and oxygen atoms in total. The van der Waals surface area contributed by atoms with Gasteiger partial charge in [-0.3, -0.25) is 0 Å². The van der Waals surface area contributed by atoms with E-state index in [1.54, 1.807) is 24.4 Å². The van der Waals surface area contributed by atoms with Crippen molar-refractivity contribution in [2.45, 2.75) is 6.92 Å². The van der Waals surface area contributed by atoms with Crippen LogP contribution < -0.4 is 0 Å². The van der Waals surface area contributed by atoms with E-state index >= 15 is 0 Å². The van der Waals surface area contributed by atoms with Gasteiger partial charge in [0.2, 0.25) is 0 Å². The molecule has 0 aliphatic rings. The van der Waals surface area contributed by atoms with Crippen molar-refractivity contribution in [3.63, 3.8) is 0 Å². The van der Waals surface area contributed by atoms with Crippen LogP contribution in [0.3, 0.4) is 0 Å². The highest BCUT2D eigenvalue weighted by Crippen LogP contribution is 2.29. The maximum atomic E-state index is 9.09. The second-order valence-electron chi connectivity index (χ2n) is 5.97. The first-order valence-corrected chi connectivity index (χ1v) is 8.06. The quantitative estimate of drug-likeness (QED) is 0.549. The molecule has 0 saturated carbocycles. The zero-order valence-electron chi connectivity index (χ0n) is 14.4. The minimum absolute atomic E-state index is 0. The summed E-state index contributed by atoms with van der Waals surface area (Å²) in [6.45, 7) is 1.91. The van der Waals surface area contributed by atoms with Crippen molar-refractivity contribution in [1.82, 2.24) is 15.0 Å². The molecule has 130 valence electrons. The van der Waals surface area contributed by atoms with Gasteiger partial charge in [0.15, 0.2) is 5.65 Å². The topological polar surface area (TPSA) is 89.2 Å². The van der Waals surface area contributed by atoms with Gasteiger partial charge in [-0.15, -0.1) is 12.4 Å². The summed E-state index contributed by atoms with van der Waals surface area (Å²) in [5, 5.41) is 18.1. The van der Waals surface area contributed by atoms with E-state index in [4.69, 9.17) is 15.5 Å². The Morgan fingerprint density at radius 3 is 2.33 bits per heavy atom. The molecule has 2 aromatic heterocycles. The summed E-state index contributed by atoms with van der Waals surface area (Å²) in [5.41, 5.74) is 6.49. The minimum Gasteiger partial charge on any atom is -0.323 e. The number of aryl methyl sites for hydroxylation is 1. The molecule has 4 aromatic rings. The molecule has 0 bridgehead atoms. The fourth-order valence-electron chi connectivity index (χ4n) is 2.94. The number of nitrogens with zero attached hydrogens (tertiary/aromatic N) is 4. The van der Waals surface area contributed by atoms with Crippen LogP contribution >= 0.6 is 12.4 Å². The third-order valence-electron chi connectivity index (χ3n) is 4.33. The van der Waals surface area contributed by atoms with Crippen LogP contribution in [-0.2, 0) is 0 Å². The van der Waals surface area contributed by atoms with Gasteiger partial charge < -0.3 is 4.98 Å². The molecule has 27 heavy (non-hydrogen) atoms. The second kappa shape index (κ2) is 7.29. The summed E-state index contributed by atoms with van der Waals surface area (Å²) < 4.78 is 0. The van der Waals surface area contributed by atoms with Crippen molar-refractivity contribution < 1.29 is 0 Å². The van der Waals surface area contributed by atoms with E-state index in [1.165, 1.54) is 0 Å². The average molecular weight is 372 g/mol. The van der Waals surface area contributed by atoms with Crippen LogP contribution in [0.4, 0.5) is 0 Å². The van der Waals surface area contributed by atoms with Crippen molar-refractivity contribution in [3.05, 3.63) is 71.4 Å². The summed E-state index contributed by atoms with van der Waals surface area (Å²) in [6, 6.07) is 19.2. The smallest absolute Gasteiger partial charge is 0.158 e. The number of halogens is 1. The molecule has 0 amide bonds. The maximum Gasteiger partial charge on any atom is 0.158 e. The van der Waals surface area contributed by atoms with E-state index in [-0.39, 0.29) is 12.4 Å². The number of nitrogens with one attached hydrogen (secondary N) is 1. The van der Waals surface area contributed by atoms with Gasteiger partial charge >= 0.3 is 0 Å². The number of pyridine rings is 1. The van der Waals surface area contributed by atoms with Crippen LogP contribution in [0.5, 0.6) is 0 Å². The Bertz CT molecular complexity index is 1210. The number of H-pyrrole nitrogens is 1. The van der Waals surface area contributed by atoms with Crippen molar-refractivity contribution in [2.75, 3.05) is 0 Å². The molecule has 0 atom stereocenters. The van der Waals surface area contributed by atoms with Crippen molar-refractivity contribution in [2.24, 2.45) is 0 Å². The number of hydrogen-bond acceptors (Lipinski definition) is 4. The van der Waals surface area contributed by atoms with Crippen LogP contribution in [0, 0.1) is 29.6 Å². The number of aromatic amines is 1. The third kappa shape index (κ3) is 3.25. The summed E-state index contributed by atoms with van der Waals surface area (Å²) in [4.78, 5) is 12.4. The van der Waals surface area contributed by atoms with Crippen LogP contribution in [0.15, 0.2) is 54.7 Å². The highest BCUT2D eigenvalue weighted by Gasteiger charge is 2.12. The van der Waals surface area contributed by atoms with Crippen LogP contribution in [0.1, 0.15) is 16.7 Å². The van der Waals surface area contributed by atoms with Crippen molar-refractivity contribution in [1.29, 1.82) is 10.5 Å². The monoisotopic (exact) mass is 371 g/mol. The van der Waals surface area contributed by atoms with E-state index in [2.05, 4.69) is 22.1 Å². The van der Waals surface area contributed by atoms with Crippen LogP contribution in [0.25, 0.3) is 33.7 Å². The Morgan fingerprint density at radius 2 is 1.67 bits per heavy atom. The maximum absolute atomic E-state index is 9.09. The molecule has 0 aliphatic heterocycles. The van der Waals surface area contributed by atoms with Gasteiger partial charge in [-0.25, -0.2) is 9.97 Å². The van der Waals surface area contributed by atoms with Gasteiger partial charge in [-0.2, -0.15) is 10.5 Å². The Morgan fingerprint density at radius 1 is 0.926 bits per heavy atom. The van der Waals surface area contributed by atoms with Gasteiger partial charge in [0, 0.05) is 17.3 Å². The predicted molar refractivity (Wildman–Crippen MR) is 106 cm³/mol. The Balaban J connectivity index is 0.00000210. The molecule has 2 heterocycles. The molecule has 0 spiro atoms. The predicted octanol–water partition coefficient (Wildman–Crippen LogP) is 4.77. The largest absolute Gasteiger partial charge is 0.323 e. The van der Waals surface area contributed by atoms with Gasteiger partial charge in [-0.05, 0) is 54.4 Å². The molecule has 2 aromatic carbocycles. The summed E-state index contributed by atoms with van der Waals surface area (Å²) >= 11 is 0. The lowest BCUT2D eigenvalue weighted by atomic mass is 10.0. The summed E-state index contributed by atoms with van der Waals surface area (Å²) in [5.74, 6) is 0.709. The first-order valence-electron chi connectivity index (χ1n) is 8.06. The van der Waals surface area contributed by atoms with Crippen molar-refractivity contribution >= 4 is 23.6 Å². The molecular weight excluding hydrogens is 358 g/mol. The highest BCUT2D eigenvalue weighted by molar-refractivity contribution is 5.91. The molecule has 1 N–H and O–H groups in total.